The number of benzene rings is 1. The van der Waals surface area contributed by atoms with Crippen molar-refractivity contribution in [2.75, 3.05) is 25.0 Å². The second kappa shape index (κ2) is 8.82. The number of aliphatic carboxylic acids is 1. The summed E-state index contributed by atoms with van der Waals surface area (Å²) >= 11 is 0. The summed E-state index contributed by atoms with van der Waals surface area (Å²) < 4.78 is 26.8. The van der Waals surface area contributed by atoms with E-state index in [-0.39, 0.29) is 17.9 Å². The van der Waals surface area contributed by atoms with Crippen LogP contribution in [0.25, 0.3) is 0 Å². The highest BCUT2D eigenvalue weighted by Gasteiger charge is 2.26. The van der Waals surface area contributed by atoms with Gasteiger partial charge in [0.25, 0.3) is 0 Å². The van der Waals surface area contributed by atoms with Crippen LogP contribution in [0.3, 0.4) is 0 Å². The highest BCUT2D eigenvalue weighted by Crippen LogP contribution is 2.22. The fourth-order valence-electron chi connectivity index (χ4n) is 2.61. The van der Waals surface area contributed by atoms with Crippen LogP contribution >= 0.6 is 0 Å². The molecule has 2 rings (SSSR count). The van der Waals surface area contributed by atoms with Crippen LogP contribution in [0.5, 0.6) is 0 Å². The number of nitrogens with zero attached hydrogens (tertiary/aromatic N) is 1. The van der Waals surface area contributed by atoms with Gasteiger partial charge in [0.1, 0.15) is 0 Å². The molecule has 25 heavy (non-hydrogen) atoms. The van der Waals surface area contributed by atoms with Gasteiger partial charge in [-0.05, 0) is 37.5 Å². The van der Waals surface area contributed by atoms with Gasteiger partial charge in [-0.15, -0.1) is 0 Å². The molecule has 0 radical (unpaired) electrons. The zero-order chi connectivity index (χ0) is 18.3. The van der Waals surface area contributed by atoms with Gasteiger partial charge in [0.05, 0.1) is 4.90 Å². The predicted octanol–water partition coefficient (Wildman–Crippen LogP) is 1.85. The van der Waals surface area contributed by atoms with E-state index in [1.165, 1.54) is 16.4 Å². The lowest BCUT2D eigenvalue weighted by Gasteiger charge is -2.26. The number of rotatable bonds is 7. The van der Waals surface area contributed by atoms with E-state index in [0.717, 1.165) is 19.3 Å². The molecule has 0 aromatic heterocycles. The quantitative estimate of drug-likeness (QED) is 0.634. The van der Waals surface area contributed by atoms with Crippen molar-refractivity contribution in [3.63, 3.8) is 0 Å². The molecular weight excluding hydrogens is 346 g/mol. The molecule has 2 amide bonds. The van der Waals surface area contributed by atoms with Gasteiger partial charge in [0, 0.05) is 31.7 Å². The number of carbonyl (C=O) groups excluding carboxylic acids is 1. The molecule has 3 N–H and O–H groups in total. The average Bonchev–Trinajstić information content (AvgIpc) is 2.59. The third-order valence-electron chi connectivity index (χ3n) is 3.90. The van der Waals surface area contributed by atoms with Crippen LogP contribution in [0, 0.1) is 0 Å². The van der Waals surface area contributed by atoms with E-state index >= 15 is 0 Å². The van der Waals surface area contributed by atoms with Crippen molar-refractivity contribution in [1.29, 1.82) is 0 Å². The van der Waals surface area contributed by atoms with Gasteiger partial charge in [-0.2, -0.15) is 4.31 Å². The first-order chi connectivity index (χ1) is 11.9. The number of amides is 2. The number of nitrogens with one attached hydrogen (secondary N) is 2. The number of hydrogen-bond donors (Lipinski definition) is 3. The molecule has 0 saturated carbocycles. The summed E-state index contributed by atoms with van der Waals surface area (Å²) in [6.07, 6.45) is 3.05. The van der Waals surface area contributed by atoms with Gasteiger partial charge in [-0.3, -0.25) is 4.79 Å². The molecule has 138 valence electrons. The van der Waals surface area contributed by atoms with Crippen LogP contribution < -0.4 is 10.6 Å². The highest BCUT2D eigenvalue weighted by atomic mass is 32.2. The first-order valence-corrected chi connectivity index (χ1v) is 9.70. The van der Waals surface area contributed by atoms with Gasteiger partial charge in [0.2, 0.25) is 10.0 Å². The lowest BCUT2D eigenvalue weighted by molar-refractivity contribution is -0.137. The lowest BCUT2D eigenvalue weighted by atomic mass is 10.2. The molecule has 9 heteroatoms. The van der Waals surface area contributed by atoms with Crippen LogP contribution in [-0.2, 0) is 14.8 Å². The monoisotopic (exact) mass is 369 g/mol. The van der Waals surface area contributed by atoms with E-state index in [2.05, 4.69) is 10.6 Å². The van der Waals surface area contributed by atoms with Crippen LogP contribution in [0.2, 0.25) is 0 Å². The van der Waals surface area contributed by atoms with Gasteiger partial charge in [-0.25, -0.2) is 13.2 Å². The second-order valence-corrected chi connectivity index (χ2v) is 7.81. The molecule has 1 aromatic carbocycles. The minimum Gasteiger partial charge on any atom is -0.481 e. The lowest BCUT2D eigenvalue weighted by Crippen LogP contribution is -2.35. The van der Waals surface area contributed by atoms with Gasteiger partial charge in [-0.1, -0.05) is 12.5 Å². The van der Waals surface area contributed by atoms with Gasteiger partial charge in [0.15, 0.2) is 0 Å². The fraction of sp³-hybridized carbons (Fsp3) is 0.500. The summed E-state index contributed by atoms with van der Waals surface area (Å²) in [5, 5.41) is 13.6. The van der Waals surface area contributed by atoms with E-state index in [0.29, 0.717) is 25.2 Å². The third-order valence-corrected chi connectivity index (χ3v) is 5.79. The van der Waals surface area contributed by atoms with Crippen molar-refractivity contribution in [3.05, 3.63) is 24.3 Å². The summed E-state index contributed by atoms with van der Waals surface area (Å²) in [7, 11) is -3.55. The normalized spacial score (nSPS) is 15.5. The Morgan fingerprint density at radius 3 is 2.56 bits per heavy atom. The van der Waals surface area contributed by atoms with Gasteiger partial charge >= 0.3 is 12.0 Å². The largest absolute Gasteiger partial charge is 0.481 e. The third kappa shape index (κ3) is 5.71. The predicted molar refractivity (Wildman–Crippen MR) is 92.9 cm³/mol. The van der Waals surface area contributed by atoms with Crippen molar-refractivity contribution in [2.24, 2.45) is 0 Å². The number of carbonyl (C=O) groups is 2. The zero-order valence-electron chi connectivity index (χ0n) is 13.9. The summed E-state index contributed by atoms with van der Waals surface area (Å²) in [6, 6.07) is 5.63. The van der Waals surface area contributed by atoms with Crippen molar-refractivity contribution in [1.82, 2.24) is 9.62 Å². The SMILES string of the molecule is O=C(O)CCCNC(=O)Nc1cccc(S(=O)(=O)N2CCCCC2)c1. The van der Waals surface area contributed by atoms with E-state index in [9.17, 15) is 18.0 Å². The maximum atomic E-state index is 12.6. The van der Waals surface area contributed by atoms with E-state index in [4.69, 9.17) is 5.11 Å². The van der Waals surface area contributed by atoms with Crippen LogP contribution in [0.4, 0.5) is 10.5 Å². The minimum absolute atomic E-state index is 0.0240. The second-order valence-electron chi connectivity index (χ2n) is 5.87. The van der Waals surface area contributed by atoms with Crippen molar-refractivity contribution in [3.8, 4) is 0 Å². The van der Waals surface area contributed by atoms with E-state index in [1.807, 2.05) is 0 Å². The van der Waals surface area contributed by atoms with Crippen molar-refractivity contribution in [2.45, 2.75) is 37.0 Å². The summed E-state index contributed by atoms with van der Waals surface area (Å²) in [5.74, 6) is -0.919. The Labute approximate surface area is 147 Å². The van der Waals surface area contributed by atoms with Crippen LogP contribution in [-0.4, -0.2) is 49.5 Å². The smallest absolute Gasteiger partial charge is 0.319 e. The molecule has 1 aliphatic heterocycles. The fourth-order valence-corrected chi connectivity index (χ4v) is 4.17. The number of urea groups is 1. The van der Waals surface area contributed by atoms with Crippen LogP contribution in [0.15, 0.2) is 29.2 Å². The van der Waals surface area contributed by atoms with Crippen molar-refractivity contribution >= 4 is 27.7 Å². The Morgan fingerprint density at radius 1 is 1.16 bits per heavy atom. The topological polar surface area (TPSA) is 116 Å². The Bertz CT molecular complexity index is 714. The number of carboxylic acids is 1. The Balaban J connectivity index is 1.96. The molecular formula is C16H23N3O5S. The van der Waals surface area contributed by atoms with Crippen LogP contribution in [0.1, 0.15) is 32.1 Å². The summed E-state index contributed by atoms with van der Waals surface area (Å²) in [5.41, 5.74) is 0.369. The zero-order valence-corrected chi connectivity index (χ0v) is 14.7. The summed E-state index contributed by atoms with van der Waals surface area (Å²) in [6.45, 7) is 1.26. The number of carboxylic acid groups (broad SMARTS) is 1. The maximum absolute atomic E-state index is 12.6. The molecule has 0 atom stereocenters. The van der Waals surface area contributed by atoms with E-state index < -0.39 is 22.0 Å². The molecule has 1 saturated heterocycles. The van der Waals surface area contributed by atoms with E-state index in [1.54, 1.807) is 12.1 Å². The number of sulfonamides is 1. The maximum Gasteiger partial charge on any atom is 0.319 e. The first kappa shape index (κ1) is 19.2. The van der Waals surface area contributed by atoms with Gasteiger partial charge < -0.3 is 15.7 Å². The molecule has 1 fully saturated rings. The standard InChI is InChI=1S/C16H23N3O5S/c20-15(21)8-5-9-17-16(22)18-13-6-4-7-14(12-13)25(23,24)19-10-2-1-3-11-19/h4,6-7,12H,1-3,5,8-11H2,(H,20,21)(H2,17,18,22). The molecule has 0 unspecified atom stereocenters. The average molecular weight is 369 g/mol. The van der Waals surface area contributed by atoms with Crippen molar-refractivity contribution < 1.29 is 23.1 Å². The first-order valence-electron chi connectivity index (χ1n) is 8.26. The Hall–Kier alpha value is -2.13. The minimum atomic E-state index is -3.55. The molecule has 1 aromatic rings. The molecule has 0 aliphatic carbocycles. The molecule has 0 spiro atoms. The number of hydrogen-bond acceptors (Lipinski definition) is 4. The Morgan fingerprint density at radius 2 is 1.88 bits per heavy atom. The molecule has 1 aliphatic rings. The molecule has 8 nitrogen and oxygen atoms in total. The Kier molecular flexibility index (Phi) is 6.77. The number of anilines is 1. The number of piperidine rings is 1. The highest BCUT2D eigenvalue weighted by molar-refractivity contribution is 7.89. The molecule has 1 heterocycles. The summed E-state index contributed by atoms with van der Waals surface area (Å²) in [4.78, 5) is 22.3. The molecule has 0 bridgehead atoms.